The zero-order chi connectivity index (χ0) is 10.1. The highest BCUT2D eigenvalue weighted by molar-refractivity contribution is 5.01. The van der Waals surface area contributed by atoms with E-state index in [2.05, 4.69) is 0 Å². The molecule has 1 saturated carbocycles. The summed E-state index contributed by atoms with van der Waals surface area (Å²) in [4.78, 5) is 0. The van der Waals surface area contributed by atoms with Gasteiger partial charge in [0.2, 0.25) is 0 Å². The first-order valence-corrected chi connectivity index (χ1v) is 4.89. The van der Waals surface area contributed by atoms with Gasteiger partial charge >= 0.3 is 0 Å². The second-order valence-electron chi connectivity index (χ2n) is 4.75. The van der Waals surface area contributed by atoms with Crippen LogP contribution < -0.4 is 5.73 Å². The summed E-state index contributed by atoms with van der Waals surface area (Å²) >= 11 is 0. The van der Waals surface area contributed by atoms with E-state index in [1.807, 2.05) is 13.8 Å². The maximum atomic E-state index is 9.95. The highest BCUT2D eigenvalue weighted by atomic mass is 16.5. The third-order valence-electron chi connectivity index (χ3n) is 3.24. The number of aliphatic hydroxyl groups excluding tert-OH is 1. The minimum Gasteiger partial charge on any atom is -0.392 e. The molecule has 0 aromatic carbocycles. The molecule has 0 aliphatic heterocycles. The lowest BCUT2D eigenvalue weighted by Gasteiger charge is -2.29. The molecule has 3 N–H and O–H groups in total. The van der Waals surface area contributed by atoms with Crippen LogP contribution in [0.2, 0.25) is 0 Å². The van der Waals surface area contributed by atoms with Gasteiger partial charge in [-0.25, -0.2) is 0 Å². The number of methoxy groups -OCH3 is 1. The highest BCUT2D eigenvalue weighted by Crippen LogP contribution is 2.49. The smallest absolute Gasteiger partial charge is 0.0647 e. The quantitative estimate of drug-likeness (QED) is 0.672. The fourth-order valence-electron chi connectivity index (χ4n) is 1.60. The molecular weight excluding hydrogens is 166 g/mol. The van der Waals surface area contributed by atoms with Gasteiger partial charge in [0, 0.05) is 25.5 Å². The summed E-state index contributed by atoms with van der Waals surface area (Å²) in [5.41, 5.74) is 5.39. The van der Waals surface area contributed by atoms with E-state index in [1.54, 1.807) is 7.11 Å². The molecule has 0 aromatic heterocycles. The van der Waals surface area contributed by atoms with Crippen LogP contribution >= 0.6 is 0 Å². The first-order chi connectivity index (χ1) is 5.96. The van der Waals surface area contributed by atoms with E-state index in [0.717, 1.165) is 12.8 Å². The summed E-state index contributed by atoms with van der Waals surface area (Å²) < 4.78 is 5.27. The molecule has 78 valence electrons. The van der Waals surface area contributed by atoms with Gasteiger partial charge in [-0.2, -0.15) is 0 Å². The largest absolute Gasteiger partial charge is 0.392 e. The fourth-order valence-corrected chi connectivity index (χ4v) is 1.60. The minimum absolute atomic E-state index is 0.00972. The average molecular weight is 187 g/mol. The molecule has 1 unspecified atom stereocenters. The first-order valence-electron chi connectivity index (χ1n) is 4.89. The van der Waals surface area contributed by atoms with Gasteiger partial charge in [-0.3, -0.25) is 0 Å². The maximum absolute atomic E-state index is 9.95. The van der Waals surface area contributed by atoms with E-state index in [0.29, 0.717) is 13.0 Å². The molecule has 13 heavy (non-hydrogen) atoms. The molecule has 3 nitrogen and oxygen atoms in total. The van der Waals surface area contributed by atoms with Crippen LogP contribution in [-0.2, 0) is 4.74 Å². The predicted octanol–water partition coefficient (Wildman–Crippen LogP) is 0.901. The Hall–Kier alpha value is -0.120. The molecule has 0 radical (unpaired) electrons. The van der Waals surface area contributed by atoms with Gasteiger partial charge in [0.25, 0.3) is 0 Å². The summed E-state index contributed by atoms with van der Waals surface area (Å²) in [6.07, 6.45) is 2.47. The van der Waals surface area contributed by atoms with Crippen molar-refractivity contribution in [2.75, 3.05) is 13.7 Å². The number of rotatable bonds is 5. The van der Waals surface area contributed by atoms with E-state index >= 15 is 0 Å². The summed E-state index contributed by atoms with van der Waals surface area (Å²) in [6.45, 7) is 4.57. The van der Waals surface area contributed by atoms with Crippen LogP contribution in [0.25, 0.3) is 0 Å². The van der Waals surface area contributed by atoms with Crippen LogP contribution in [0.4, 0.5) is 0 Å². The van der Waals surface area contributed by atoms with E-state index < -0.39 is 0 Å². The normalized spacial score (nSPS) is 22.8. The van der Waals surface area contributed by atoms with Crippen molar-refractivity contribution in [3.8, 4) is 0 Å². The Morgan fingerprint density at radius 1 is 1.54 bits per heavy atom. The molecule has 0 aromatic rings. The van der Waals surface area contributed by atoms with Crippen LogP contribution in [-0.4, -0.2) is 30.5 Å². The van der Waals surface area contributed by atoms with Gasteiger partial charge in [0.15, 0.2) is 0 Å². The van der Waals surface area contributed by atoms with E-state index in [9.17, 15) is 5.11 Å². The standard InChI is InChI=1S/C10H21NO2/c1-9(2,13-3)6-8(12)10(7-11)4-5-10/h8,12H,4-7,11H2,1-3H3. The Bertz CT molecular complexity index is 176. The molecule has 1 rings (SSSR count). The van der Waals surface area contributed by atoms with Crippen molar-refractivity contribution in [3.63, 3.8) is 0 Å². The summed E-state index contributed by atoms with van der Waals surface area (Å²) in [7, 11) is 1.68. The van der Waals surface area contributed by atoms with Crippen molar-refractivity contribution < 1.29 is 9.84 Å². The molecular formula is C10H21NO2. The van der Waals surface area contributed by atoms with Gasteiger partial charge in [0.1, 0.15) is 0 Å². The molecule has 0 amide bonds. The monoisotopic (exact) mass is 187 g/mol. The van der Waals surface area contributed by atoms with Crippen LogP contribution in [0.1, 0.15) is 33.1 Å². The molecule has 1 fully saturated rings. The summed E-state index contributed by atoms with van der Waals surface area (Å²) in [5.74, 6) is 0. The number of ether oxygens (including phenoxy) is 1. The molecule has 0 spiro atoms. The van der Waals surface area contributed by atoms with Crippen molar-refractivity contribution >= 4 is 0 Å². The van der Waals surface area contributed by atoms with Gasteiger partial charge in [-0.1, -0.05) is 0 Å². The zero-order valence-electron chi connectivity index (χ0n) is 8.84. The topological polar surface area (TPSA) is 55.5 Å². The van der Waals surface area contributed by atoms with Crippen molar-refractivity contribution in [2.24, 2.45) is 11.1 Å². The van der Waals surface area contributed by atoms with Crippen molar-refractivity contribution in [2.45, 2.75) is 44.8 Å². The third kappa shape index (κ3) is 2.42. The Balaban J connectivity index is 2.45. The Labute approximate surface area is 80.3 Å². The van der Waals surface area contributed by atoms with E-state index in [4.69, 9.17) is 10.5 Å². The predicted molar refractivity (Wildman–Crippen MR) is 52.4 cm³/mol. The van der Waals surface area contributed by atoms with Gasteiger partial charge in [0.05, 0.1) is 11.7 Å². The van der Waals surface area contributed by atoms with Crippen LogP contribution in [0.3, 0.4) is 0 Å². The van der Waals surface area contributed by atoms with Gasteiger partial charge in [-0.05, 0) is 26.7 Å². The second-order valence-corrected chi connectivity index (χ2v) is 4.75. The number of aliphatic hydroxyl groups is 1. The van der Waals surface area contributed by atoms with E-state index in [-0.39, 0.29) is 17.1 Å². The fraction of sp³-hybridized carbons (Fsp3) is 1.00. The van der Waals surface area contributed by atoms with Crippen LogP contribution in [0, 0.1) is 5.41 Å². The third-order valence-corrected chi connectivity index (χ3v) is 3.24. The van der Waals surface area contributed by atoms with Crippen LogP contribution in [0.5, 0.6) is 0 Å². The number of hydrogen-bond donors (Lipinski definition) is 2. The zero-order valence-corrected chi connectivity index (χ0v) is 8.84. The lowest BCUT2D eigenvalue weighted by Crippen LogP contribution is -2.37. The number of hydrogen-bond acceptors (Lipinski definition) is 3. The molecule has 0 bridgehead atoms. The maximum Gasteiger partial charge on any atom is 0.0647 e. The average Bonchev–Trinajstić information content (AvgIpc) is 2.84. The SMILES string of the molecule is COC(C)(C)CC(O)C1(CN)CC1. The van der Waals surface area contributed by atoms with Crippen molar-refractivity contribution in [1.29, 1.82) is 0 Å². The van der Waals surface area contributed by atoms with Crippen molar-refractivity contribution in [1.82, 2.24) is 0 Å². The second kappa shape index (κ2) is 3.56. The summed E-state index contributed by atoms with van der Waals surface area (Å²) in [5, 5.41) is 9.95. The van der Waals surface area contributed by atoms with E-state index in [1.165, 1.54) is 0 Å². The molecule has 0 heterocycles. The Morgan fingerprint density at radius 2 is 2.08 bits per heavy atom. The molecule has 1 aliphatic rings. The molecule has 1 aliphatic carbocycles. The first kappa shape index (κ1) is 11.0. The Kier molecular flexibility index (Phi) is 3.00. The minimum atomic E-state index is -0.313. The summed E-state index contributed by atoms with van der Waals surface area (Å²) in [6, 6.07) is 0. The molecule has 0 saturated heterocycles. The number of nitrogens with two attached hydrogens (primary N) is 1. The van der Waals surface area contributed by atoms with Crippen molar-refractivity contribution in [3.05, 3.63) is 0 Å². The highest BCUT2D eigenvalue weighted by Gasteiger charge is 2.48. The molecule has 1 atom stereocenters. The lowest BCUT2D eigenvalue weighted by atomic mass is 9.89. The molecule has 3 heteroatoms. The van der Waals surface area contributed by atoms with Crippen LogP contribution in [0.15, 0.2) is 0 Å². The van der Waals surface area contributed by atoms with Gasteiger partial charge in [-0.15, -0.1) is 0 Å². The van der Waals surface area contributed by atoms with Gasteiger partial charge < -0.3 is 15.6 Å². The lowest BCUT2D eigenvalue weighted by molar-refractivity contribution is -0.0378. The Morgan fingerprint density at radius 3 is 2.38 bits per heavy atom.